The van der Waals surface area contributed by atoms with Gasteiger partial charge in [-0.1, -0.05) is 32.8 Å². The smallest absolute Gasteiger partial charge is 0.326 e. The van der Waals surface area contributed by atoms with Gasteiger partial charge in [-0.05, 0) is 68.2 Å². The zero-order chi connectivity index (χ0) is 30.6. The van der Waals surface area contributed by atoms with Crippen LogP contribution in [0.5, 0.6) is 0 Å². The summed E-state index contributed by atoms with van der Waals surface area (Å²) in [5, 5.41) is 22.0. The van der Waals surface area contributed by atoms with E-state index in [9.17, 15) is 24.3 Å². The van der Waals surface area contributed by atoms with Crippen LogP contribution in [0, 0.1) is 17.7 Å². The molecule has 3 atom stereocenters. The molecule has 2 aliphatic carbocycles. The summed E-state index contributed by atoms with van der Waals surface area (Å²) in [6.45, 7) is 6.11. The number of nitrogens with zero attached hydrogens (tertiary/aromatic N) is 3. The normalized spacial score (nSPS) is 20.6. The van der Waals surface area contributed by atoms with E-state index in [0.29, 0.717) is 23.7 Å². The maximum atomic E-state index is 15.3. The number of benzene rings is 1. The molecule has 0 radical (unpaired) electrons. The summed E-state index contributed by atoms with van der Waals surface area (Å²) in [4.78, 5) is 52.6. The number of urea groups is 1. The second-order valence-electron chi connectivity index (χ2n) is 11.6. The van der Waals surface area contributed by atoms with Crippen LogP contribution in [0.25, 0.3) is 0 Å². The highest BCUT2D eigenvalue weighted by Crippen LogP contribution is 2.32. The first-order valence-corrected chi connectivity index (χ1v) is 14.7. The number of rotatable bonds is 11. The third kappa shape index (κ3) is 7.27. The lowest BCUT2D eigenvalue weighted by Crippen LogP contribution is -2.50. The number of amides is 4. The van der Waals surface area contributed by atoms with Gasteiger partial charge in [0.15, 0.2) is 0 Å². The predicted molar refractivity (Wildman–Crippen MR) is 154 cm³/mol. The molecule has 2 aromatic rings. The van der Waals surface area contributed by atoms with Crippen LogP contribution in [0.15, 0.2) is 30.5 Å². The number of carbonyl (C=O) groups is 4. The van der Waals surface area contributed by atoms with E-state index in [4.69, 9.17) is 0 Å². The SMILES string of the molecule is CCn1nccc1C(=O)N[C@H](C(=O)Nc1ccc([C@H](C)[C@@H](NC(=O)N(C)C2CC2)C(=O)O)cc1F)C1CCC(C)CC1. The summed E-state index contributed by atoms with van der Waals surface area (Å²) in [5.41, 5.74) is 0.612. The molecular formula is C30H41FN6O5. The lowest BCUT2D eigenvalue weighted by Gasteiger charge is -2.32. The maximum Gasteiger partial charge on any atom is 0.326 e. The van der Waals surface area contributed by atoms with Gasteiger partial charge in [-0.2, -0.15) is 5.10 Å². The summed E-state index contributed by atoms with van der Waals surface area (Å²) in [5.74, 6) is -3.26. The van der Waals surface area contributed by atoms with Crippen LogP contribution in [0.1, 0.15) is 81.3 Å². The summed E-state index contributed by atoms with van der Waals surface area (Å²) in [6, 6.07) is 3.13. The third-order valence-electron chi connectivity index (χ3n) is 8.59. The van der Waals surface area contributed by atoms with E-state index in [0.717, 1.165) is 38.5 Å². The number of aryl methyl sites for hydroxylation is 1. The van der Waals surface area contributed by atoms with Crippen molar-refractivity contribution < 1.29 is 28.7 Å². The minimum atomic E-state index is -1.27. The number of hydrogen-bond acceptors (Lipinski definition) is 5. The molecule has 2 saturated carbocycles. The van der Waals surface area contributed by atoms with Crippen molar-refractivity contribution in [1.82, 2.24) is 25.3 Å². The summed E-state index contributed by atoms with van der Waals surface area (Å²) < 4.78 is 16.9. The molecule has 1 heterocycles. The second-order valence-corrected chi connectivity index (χ2v) is 11.6. The molecule has 42 heavy (non-hydrogen) atoms. The average Bonchev–Trinajstić information content (AvgIpc) is 3.71. The Morgan fingerprint density at radius 2 is 1.79 bits per heavy atom. The van der Waals surface area contributed by atoms with Crippen LogP contribution in [0.3, 0.4) is 0 Å². The third-order valence-corrected chi connectivity index (χ3v) is 8.59. The molecule has 12 heteroatoms. The van der Waals surface area contributed by atoms with Crippen LogP contribution >= 0.6 is 0 Å². The van der Waals surface area contributed by atoms with E-state index in [1.165, 1.54) is 29.3 Å². The highest BCUT2D eigenvalue weighted by atomic mass is 19.1. The molecule has 11 nitrogen and oxygen atoms in total. The first-order chi connectivity index (χ1) is 20.0. The van der Waals surface area contributed by atoms with Gasteiger partial charge in [0.1, 0.15) is 23.6 Å². The van der Waals surface area contributed by atoms with Crippen molar-refractivity contribution in [2.45, 2.75) is 89.9 Å². The zero-order valence-corrected chi connectivity index (χ0v) is 24.6. The Morgan fingerprint density at radius 1 is 1.10 bits per heavy atom. The van der Waals surface area contributed by atoms with E-state index in [-0.39, 0.29) is 17.6 Å². The minimum Gasteiger partial charge on any atom is -0.480 e. The molecule has 0 spiro atoms. The Hall–Kier alpha value is -3.96. The van der Waals surface area contributed by atoms with E-state index in [1.54, 1.807) is 24.7 Å². The topological polar surface area (TPSA) is 146 Å². The van der Waals surface area contributed by atoms with Crippen LogP contribution in [0.2, 0.25) is 0 Å². The second kappa shape index (κ2) is 13.3. The number of carbonyl (C=O) groups excluding carboxylic acids is 3. The molecule has 2 aliphatic rings. The molecular weight excluding hydrogens is 543 g/mol. The average molecular weight is 585 g/mol. The Morgan fingerprint density at radius 3 is 2.38 bits per heavy atom. The quantitative estimate of drug-likeness (QED) is 0.315. The Bertz CT molecular complexity index is 1300. The lowest BCUT2D eigenvalue weighted by molar-refractivity contribution is -0.139. The van der Waals surface area contributed by atoms with Gasteiger partial charge in [-0.25, -0.2) is 14.0 Å². The maximum absolute atomic E-state index is 15.3. The molecule has 4 amide bonds. The van der Waals surface area contributed by atoms with E-state index in [1.807, 2.05) is 6.92 Å². The van der Waals surface area contributed by atoms with Crippen molar-refractivity contribution in [1.29, 1.82) is 0 Å². The van der Waals surface area contributed by atoms with Gasteiger partial charge in [0, 0.05) is 31.7 Å². The first kappa shape index (κ1) is 31.0. The molecule has 2 fully saturated rings. The minimum absolute atomic E-state index is 0.0812. The van der Waals surface area contributed by atoms with Gasteiger partial charge in [0.2, 0.25) is 5.91 Å². The van der Waals surface area contributed by atoms with Crippen LogP contribution in [-0.4, -0.2) is 68.8 Å². The van der Waals surface area contributed by atoms with Crippen LogP contribution in [0.4, 0.5) is 14.9 Å². The van der Waals surface area contributed by atoms with Crippen molar-refractivity contribution in [3.05, 3.63) is 47.5 Å². The number of halogens is 1. The molecule has 1 aromatic carbocycles. The van der Waals surface area contributed by atoms with Gasteiger partial charge in [-0.15, -0.1) is 0 Å². The van der Waals surface area contributed by atoms with Crippen LogP contribution in [-0.2, 0) is 16.1 Å². The standard InChI is InChI=1S/C30H41FN6O5/c1-5-37-24(14-15-32-37)27(38)34-26(19-8-6-17(2)7-9-19)28(39)33-23-13-10-20(16-22(23)31)18(3)25(29(40)41)35-30(42)36(4)21-11-12-21/h10,13-19,21,25-26H,5-9,11-12H2,1-4H3,(H,33,39)(H,34,38)(H,35,42)(H,40,41)/t17?,18-,19?,25+,26-/m0/s1. The molecule has 0 aliphatic heterocycles. The number of anilines is 1. The number of carboxylic acid groups (broad SMARTS) is 1. The lowest BCUT2D eigenvalue weighted by atomic mass is 9.79. The number of nitrogens with one attached hydrogen (secondary N) is 3. The van der Waals surface area contributed by atoms with Gasteiger partial charge in [0.25, 0.3) is 5.91 Å². The molecule has 1 aromatic heterocycles. The van der Waals surface area contributed by atoms with Gasteiger partial charge < -0.3 is 26.0 Å². The fraction of sp³-hybridized carbons (Fsp3) is 0.567. The fourth-order valence-electron chi connectivity index (χ4n) is 5.59. The van der Waals surface area contributed by atoms with E-state index in [2.05, 4.69) is 28.0 Å². The molecule has 4 N–H and O–H groups in total. The number of carboxylic acids is 1. The molecule has 0 bridgehead atoms. The van der Waals surface area contributed by atoms with Crippen molar-refractivity contribution in [3.63, 3.8) is 0 Å². The first-order valence-electron chi connectivity index (χ1n) is 14.7. The van der Waals surface area contributed by atoms with Crippen LogP contribution < -0.4 is 16.0 Å². The Kier molecular flexibility index (Phi) is 9.85. The predicted octanol–water partition coefficient (Wildman–Crippen LogP) is 3.97. The van der Waals surface area contributed by atoms with E-state index >= 15 is 4.39 Å². The summed E-state index contributed by atoms with van der Waals surface area (Å²) in [6.07, 6.45) is 6.64. The Balaban J connectivity index is 1.48. The largest absolute Gasteiger partial charge is 0.480 e. The van der Waals surface area contributed by atoms with Crippen molar-refractivity contribution in [2.24, 2.45) is 11.8 Å². The highest BCUT2D eigenvalue weighted by Gasteiger charge is 2.35. The van der Waals surface area contributed by atoms with E-state index < -0.39 is 47.6 Å². The summed E-state index contributed by atoms with van der Waals surface area (Å²) in [7, 11) is 1.62. The molecule has 0 saturated heterocycles. The highest BCUT2D eigenvalue weighted by molar-refractivity contribution is 6.00. The molecule has 0 unspecified atom stereocenters. The summed E-state index contributed by atoms with van der Waals surface area (Å²) >= 11 is 0. The number of hydrogen-bond donors (Lipinski definition) is 4. The van der Waals surface area contributed by atoms with Crippen molar-refractivity contribution >= 4 is 29.5 Å². The van der Waals surface area contributed by atoms with Gasteiger partial charge in [-0.3, -0.25) is 14.3 Å². The molecule has 4 rings (SSSR count). The van der Waals surface area contributed by atoms with Crippen molar-refractivity contribution in [3.8, 4) is 0 Å². The van der Waals surface area contributed by atoms with Gasteiger partial charge >= 0.3 is 12.0 Å². The number of aromatic nitrogens is 2. The van der Waals surface area contributed by atoms with Crippen molar-refractivity contribution in [2.75, 3.05) is 12.4 Å². The zero-order valence-electron chi connectivity index (χ0n) is 24.6. The monoisotopic (exact) mass is 584 g/mol. The number of aliphatic carboxylic acids is 1. The van der Waals surface area contributed by atoms with Gasteiger partial charge in [0.05, 0.1) is 5.69 Å². The Labute approximate surface area is 245 Å². The molecule has 228 valence electrons. The fourth-order valence-corrected chi connectivity index (χ4v) is 5.59.